The maximum Gasteiger partial charge on any atom is 0.316 e. The molecule has 2 aromatic heterocycles. The molecule has 1 amide bonds. The number of ketones is 1. The second kappa shape index (κ2) is 6.40. The van der Waals surface area contributed by atoms with Crippen LogP contribution < -0.4 is 11.1 Å². The molecule has 136 valence electrons. The Balaban J connectivity index is 1.72. The van der Waals surface area contributed by atoms with Crippen LogP contribution >= 0.6 is 0 Å². The van der Waals surface area contributed by atoms with Crippen LogP contribution in [0.15, 0.2) is 12.4 Å². The first-order chi connectivity index (χ1) is 12.5. The van der Waals surface area contributed by atoms with E-state index in [9.17, 15) is 14.7 Å². The Morgan fingerprint density at radius 2 is 2.15 bits per heavy atom. The summed E-state index contributed by atoms with van der Waals surface area (Å²) in [7, 11) is 0. The highest BCUT2D eigenvalue weighted by molar-refractivity contribution is 6.11. The zero-order valence-electron chi connectivity index (χ0n) is 14.2. The molecule has 9 nitrogen and oxygen atoms in total. The van der Waals surface area contributed by atoms with Crippen molar-refractivity contribution < 1.29 is 14.7 Å². The number of aromatic nitrogens is 4. The monoisotopic (exact) mass is 356 g/mol. The molecular weight excluding hydrogens is 336 g/mol. The van der Waals surface area contributed by atoms with Gasteiger partial charge in [-0.25, -0.2) is 0 Å². The van der Waals surface area contributed by atoms with Gasteiger partial charge in [-0.2, -0.15) is 15.1 Å². The molecule has 1 atom stereocenters. The number of hydrogen-bond donors (Lipinski definition) is 3. The van der Waals surface area contributed by atoms with Crippen molar-refractivity contribution in [1.82, 2.24) is 19.7 Å². The minimum absolute atomic E-state index is 0.110. The lowest BCUT2D eigenvalue weighted by atomic mass is 9.95. The van der Waals surface area contributed by atoms with Crippen molar-refractivity contribution in [3.8, 4) is 17.3 Å². The number of fused-ring (bicyclic) bond motifs is 1. The average Bonchev–Trinajstić information content (AvgIpc) is 3.33. The standard InChI is InChI=1S/C17H20N6O3/c18-13(25)5-11(9-3-1-2-4-9)23-8-10(6-20-23)15-14-12(24)7-19-16(14)22-17(26)21-15/h6,8-9,11H,1-5,7H2,(H2,18,25)(H2,19,21,22,26). The second-order valence-electron chi connectivity index (χ2n) is 6.86. The van der Waals surface area contributed by atoms with Gasteiger partial charge in [-0.15, -0.1) is 0 Å². The molecule has 26 heavy (non-hydrogen) atoms. The number of rotatable bonds is 5. The number of aromatic hydroxyl groups is 1. The zero-order chi connectivity index (χ0) is 18.3. The number of hydrogen-bond acceptors (Lipinski definition) is 7. The first kappa shape index (κ1) is 16.5. The smallest absolute Gasteiger partial charge is 0.316 e. The van der Waals surface area contributed by atoms with Gasteiger partial charge in [-0.3, -0.25) is 14.3 Å². The van der Waals surface area contributed by atoms with Crippen molar-refractivity contribution in [3.05, 3.63) is 18.0 Å². The Bertz CT molecular complexity index is 871. The van der Waals surface area contributed by atoms with E-state index < -0.39 is 6.01 Å². The van der Waals surface area contributed by atoms with Gasteiger partial charge < -0.3 is 16.2 Å². The average molecular weight is 356 g/mol. The maximum absolute atomic E-state index is 12.2. The Morgan fingerprint density at radius 1 is 1.38 bits per heavy atom. The number of nitrogens with zero attached hydrogens (tertiary/aromatic N) is 4. The van der Waals surface area contributed by atoms with E-state index in [1.54, 1.807) is 17.1 Å². The Morgan fingerprint density at radius 3 is 2.88 bits per heavy atom. The predicted molar refractivity (Wildman–Crippen MR) is 92.5 cm³/mol. The summed E-state index contributed by atoms with van der Waals surface area (Å²) in [5.41, 5.74) is 6.74. The summed E-state index contributed by atoms with van der Waals surface area (Å²) in [6.07, 6.45) is 7.94. The molecule has 4 N–H and O–H groups in total. The minimum Gasteiger partial charge on any atom is -0.479 e. The van der Waals surface area contributed by atoms with Crippen LogP contribution in [0.5, 0.6) is 6.01 Å². The van der Waals surface area contributed by atoms with Gasteiger partial charge in [0.2, 0.25) is 5.91 Å². The van der Waals surface area contributed by atoms with E-state index in [1.165, 1.54) is 0 Å². The zero-order valence-corrected chi connectivity index (χ0v) is 14.2. The number of primary amides is 1. The molecular formula is C17H20N6O3. The van der Waals surface area contributed by atoms with Gasteiger partial charge in [0.1, 0.15) is 5.82 Å². The molecule has 1 aliphatic heterocycles. The van der Waals surface area contributed by atoms with Crippen LogP contribution in [0.1, 0.15) is 48.5 Å². The summed E-state index contributed by atoms with van der Waals surface area (Å²) in [5.74, 6) is 0.184. The number of nitrogens with one attached hydrogen (secondary N) is 1. The largest absolute Gasteiger partial charge is 0.479 e. The van der Waals surface area contributed by atoms with E-state index >= 15 is 0 Å². The molecule has 2 aliphatic rings. The minimum atomic E-state index is -0.404. The predicted octanol–water partition coefficient (Wildman–Crippen LogP) is 1.26. The first-order valence-corrected chi connectivity index (χ1v) is 8.74. The fraction of sp³-hybridized carbons (Fsp3) is 0.471. The first-order valence-electron chi connectivity index (χ1n) is 8.74. The van der Waals surface area contributed by atoms with Gasteiger partial charge in [-0.1, -0.05) is 12.8 Å². The van der Waals surface area contributed by atoms with Crippen LogP contribution in [0.25, 0.3) is 11.3 Å². The Kier molecular flexibility index (Phi) is 4.06. The van der Waals surface area contributed by atoms with Crippen LogP contribution in [-0.2, 0) is 4.79 Å². The molecule has 9 heteroatoms. The van der Waals surface area contributed by atoms with E-state index in [-0.39, 0.29) is 30.7 Å². The summed E-state index contributed by atoms with van der Waals surface area (Å²) in [4.78, 5) is 31.6. The number of anilines is 1. The number of amides is 1. The van der Waals surface area contributed by atoms with Gasteiger partial charge in [0.25, 0.3) is 0 Å². The van der Waals surface area contributed by atoms with E-state index in [0.717, 1.165) is 25.7 Å². The SMILES string of the molecule is NC(=O)CC(C1CCCC1)n1cc(-c2nc(O)nc3c2C(=O)CN3)cn1. The molecule has 1 fully saturated rings. The topological polar surface area (TPSA) is 136 Å². The third kappa shape index (κ3) is 2.89. The van der Waals surface area contributed by atoms with Gasteiger partial charge in [0, 0.05) is 18.2 Å². The van der Waals surface area contributed by atoms with Crippen molar-refractivity contribution in [2.24, 2.45) is 11.7 Å². The summed E-state index contributed by atoms with van der Waals surface area (Å²) in [6, 6.07) is -0.515. The van der Waals surface area contributed by atoms with Crippen LogP contribution in [0.4, 0.5) is 5.82 Å². The van der Waals surface area contributed by atoms with E-state index in [2.05, 4.69) is 20.4 Å². The summed E-state index contributed by atoms with van der Waals surface area (Å²) < 4.78 is 1.74. The fourth-order valence-electron chi connectivity index (χ4n) is 3.97. The molecule has 1 unspecified atom stereocenters. The molecule has 0 bridgehead atoms. The van der Waals surface area contributed by atoms with Gasteiger partial charge in [0.05, 0.1) is 30.0 Å². The highest BCUT2D eigenvalue weighted by Gasteiger charge is 2.31. The van der Waals surface area contributed by atoms with Gasteiger partial charge in [-0.05, 0) is 18.8 Å². The summed E-state index contributed by atoms with van der Waals surface area (Å²) in [5, 5.41) is 17.0. The molecule has 4 rings (SSSR count). The highest BCUT2D eigenvalue weighted by Crippen LogP contribution is 2.37. The lowest BCUT2D eigenvalue weighted by Gasteiger charge is -2.22. The van der Waals surface area contributed by atoms with Crippen LogP contribution in [-0.4, -0.2) is 43.1 Å². The van der Waals surface area contributed by atoms with Crippen LogP contribution in [0.2, 0.25) is 0 Å². The lowest BCUT2D eigenvalue weighted by Crippen LogP contribution is -2.24. The molecule has 0 aromatic carbocycles. The highest BCUT2D eigenvalue weighted by atomic mass is 16.3. The van der Waals surface area contributed by atoms with E-state index in [0.29, 0.717) is 28.6 Å². The Labute approximate surface area is 149 Å². The fourth-order valence-corrected chi connectivity index (χ4v) is 3.97. The van der Waals surface area contributed by atoms with E-state index in [4.69, 9.17) is 5.73 Å². The quantitative estimate of drug-likeness (QED) is 0.733. The molecule has 0 saturated heterocycles. The van der Waals surface area contributed by atoms with Gasteiger partial charge in [0.15, 0.2) is 5.78 Å². The van der Waals surface area contributed by atoms with E-state index in [1.807, 2.05) is 0 Å². The molecule has 2 aromatic rings. The number of carbonyl (C=O) groups excluding carboxylic acids is 2. The van der Waals surface area contributed by atoms with Crippen molar-refractivity contribution in [2.75, 3.05) is 11.9 Å². The third-order valence-corrected chi connectivity index (χ3v) is 5.16. The maximum atomic E-state index is 12.2. The van der Waals surface area contributed by atoms with Crippen LogP contribution in [0, 0.1) is 5.92 Å². The van der Waals surface area contributed by atoms with Crippen molar-refractivity contribution in [3.63, 3.8) is 0 Å². The van der Waals surface area contributed by atoms with Crippen molar-refractivity contribution in [1.29, 1.82) is 0 Å². The van der Waals surface area contributed by atoms with Gasteiger partial charge >= 0.3 is 6.01 Å². The summed E-state index contributed by atoms with van der Waals surface area (Å²) >= 11 is 0. The molecule has 1 saturated carbocycles. The van der Waals surface area contributed by atoms with Crippen molar-refractivity contribution >= 4 is 17.5 Å². The molecule has 3 heterocycles. The van der Waals surface area contributed by atoms with Crippen LogP contribution in [0.3, 0.4) is 0 Å². The number of Topliss-reactive ketones (excluding diaryl/α,β-unsaturated/α-hetero) is 1. The number of nitrogens with two attached hydrogens (primary N) is 1. The Hall–Kier alpha value is -2.97. The molecule has 0 spiro atoms. The molecule has 1 aliphatic carbocycles. The summed E-state index contributed by atoms with van der Waals surface area (Å²) in [6.45, 7) is 0.126. The lowest BCUT2D eigenvalue weighted by molar-refractivity contribution is -0.119. The normalized spacial score (nSPS) is 17.9. The molecule has 0 radical (unpaired) electrons. The second-order valence-corrected chi connectivity index (χ2v) is 6.86. The number of carbonyl (C=O) groups is 2. The third-order valence-electron chi connectivity index (χ3n) is 5.16. The van der Waals surface area contributed by atoms with Crippen molar-refractivity contribution in [2.45, 2.75) is 38.1 Å².